The van der Waals surface area contributed by atoms with E-state index >= 15 is 0 Å². The molecule has 0 aliphatic rings. The molecule has 0 aliphatic carbocycles. The molecular formula is C12H12N2S. The Balaban J connectivity index is 1.81. The fourth-order valence-corrected chi connectivity index (χ4v) is 1.71. The second-order valence-electron chi connectivity index (χ2n) is 3.04. The summed E-state index contributed by atoms with van der Waals surface area (Å²) < 4.78 is 6.40. The van der Waals surface area contributed by atoms with Crippen molar-refractivity contribution in [1.29, 1.82) is 0 Å². The highest BCUT2D eigenvalue weighted by Crippen LogP contribution is 2.14. The molecule has 0 aromatic heterocycles. The summed E-state index contributed by atoms with van der Waals surface area (Å²) in [7, 11) is 0. The van der Waals surface area contributed by atoms with Gasteiger partial charge in [-0.15, -0.1) is 0 Å². The Morgan fingerprint density at radius 2 is 1.00 bits per heavy atom. The predicted octanol–water partition coefficient (Wildman–Crippen LogP) is 3.77. The molecule has 0 saturated carbocycles. The summed E-state index contributed by atoms with van der Waals surface area (Å²) in [5.41, 5.74) is 2.18. The van der Waals surface area contributed by atoms with E-state index in [9.17, 15) is 0 Å². The van der Waals surface area contributed by atoms with Crippen LogP contribution in [0.3, 0.4) is 0 Å². The largest absolute Gasteiger partial charge is 0.312 e. The molecule has 0 radical (unpaired) electrons. The normalized spacial score (nSPS) is 9.60. The van der Waals surface area contributed by atoms with Gasteiger partial charge in [0.05, 0.1) is 12.1 Å². The van der Waals surface area contributed by atoms with Crippen molar-refractivity contribution in [2.24, 2.45) is 0 Å². The zero-order valence-corrected chi connectivity index (χ0v) is 9.00. The fourth-order valence-electron chi connectivity index (χ4n) is 1.16. The quantitative estimate of drug-likeness (QED) is 0.761. The third-order valence-corrected chi connectivity index (χ3v) is 2.56. The van der Waals surface area contributed by atoms with Crippen molar-refractivity contribution >= 4 is 23.5 Å². The van der Waals surface area contributed by atoms with E-state index < -0.39 is 0 Å². The Bertz CT molecular complexity index is 349. The van der Waals surface area contributed by atoms with E-state index in [0.29, 0.717) is 0 Å². The maximum Gasteiger partial charge on any atom is 0.0655 e. The number of rotatable bonds is 4. The molecule has 3 heteroatoms. The average molecular weight is 216 g/mol. The summed E-state index contributed by atoms with van der Waals surface area (Å²) >= 11 is 1.46. The second-order valence-corrected chi connectivity index (χ2v) is 3.65. The lowest BCUT2D eigenvalue weighted by atomic mass is 10.3. The minimum absolute atomic E-state index is 1.09. The van der Waals surface area contributed by atoms with E-state index in [4.69, 9.17) is 0 Å². The van der Waals surface area contributed by atoms with E-state index in [1.807, 2.05) is 60.7 Å². The van der Waals surface area contributed by atoms with Gasteiger partial charge in [-0.3, -0.25) is 0 Å². The van der Waals surface area contributed by atoms with Gasteiger partial charge in [0.25, 0.3) is 0 Å². The molecule has 0 heterocycles. The number of anilines is 2. The first kappa shape index (κ1) is 9.93. The molecule has 0 fully saturated rings. The summed E-state index contributed by atoms with van der Waals surface area (Å²) in [5, 5.41) is 0. The molecule has 0 saturated heterocycles. The molecule has 2 N–H and O–H groups in total. The van der Waals surface area contributed by atoms with Gasteiger partial charge in [-0.25, -0.2) is 0 Å². The van der Waals surface area contributed by atoms with Crippen molar-refractivity contribution in [3.8, 4) is 0 Å². The molecule has 0 bridgehead atoms. The first-order valence-electron chi connectivity index (χ1n) is 4.73. The zero-order chi connectivity index (χ0) is 10.3. The van der Waals surface area contributed by atoms with Gasteiger partial charge in [-0.05, 0) is 24.3 Å². The molecule has 0 amide bonds. The summed E-state index contributed by atoms with van der Waals surface area (Å²) in [6.07, 6.45) is 0. The van der Waals surface area contributed by atoms with Crippen molar-refractivity contribution < 1.29 is 0 Å². The van der Waals surface area contributed by atoms with Crippen LogP contribution in [0.15, 0.2) is 60.7 Å². The lowest BCUT2D eigenvalue weighted by molar-refractivity contribution is 1.66. The van der Waals surface area contributed by atoms with Crippen LogP contribution in [0, 0.1) is 0 Å². The van der Waals surface area contributed by atoms with Gasteiger partial charge < -0.3 is 9.44 Å². The molecule has 0 unspecified atom stereocenters. The van der Waals surface area contributed by atoms with Crippen LogP contribution in [0.2, 0.25) is 0 Å². The van der Waals surface area contributed by atoms with Crippen LogP contribution in [0.4, 0.5) is 11.4 Å². The molecule has 76 valence electrons. The lowest BCUT2D eigenvalue weighted by Gasteiger charge is -2.06. The Hall–Kier alpha value is -1.61. The van der Waals surface area contributed by atoms with Crippen LogP contribution < -0.4 is 9.44 Å². The molecule has 2 nitrogen and oxygen atoms in total. The van der Waals surface area contributed by atoms with E-state index in [-0.39, 0.29) is 0 Å². The third kappa shape index (κ3) is 3.22. The summed E-state index contributed by atoms with van der Waals surface area (Å²) in [4.78, 5) is 0. The monoisotopic (exact) mass is 216 g/mol. The van der Waals surface area contributed by atoms with Crippen molar-refractivity contribution in [3.05, 3.63) is 60.7 Å². The van der Waals surface area contributed by atoms with Crippen LogP contribution in [0.25, 0.3) is 0 Å². The Kier molecular flexibility index (Phi) is 3.52. The van der Waals surface area contributed by atoms with E-state index in [1.54, 1.807) is 0 Å². The summed E-state index contributed by atoms with van der Waals surface area (Å²) in [6, 6.07) is 20.1. The highest BCUT2D eigenvalue weighted by molar-refractivity contribution is 8.01. The van der Waals surface area contributed by atoms with Gasteiger partial charge >= 0.3 is 0 Å². The molecule has 0 spiro atoms. The molecule has 2 rings (SSSR count). The van der Waals surface area contributed by atoms with Gasteiger partial charge in [-0.2, -0.15) is 0 Å². The van der Waals surface area contributed by atoms with Crippen LogP contribution in [-0.4, -0.2) is 0 Å². The van der Waals surface area contributed by atoms with Crippen molar-refractivity contribution in [3.63, 3.8) is 0 Å². The van der Waals surface area contributed by atoms with Crippen molar-refractivity contribution in [1.82, 2.24) is 0 Å². The molecule has 2 aromatic rings. The topological polar surface area (TPSA) is 24.1 Å². The van der Waals surface area contributed by atoms with Crippen molar-refractivity contribution in [2.45, 2.75) is 0 Å². The highest BCUT2D eigenvalue weighted by atomic mass is 32.2. The van der Waals surface area contributed by atoms with Gasteiger partial charge in [0, 0.05) is 11.4 Å². The van der Waals surface area contributed by atoms with Gasteiger partial charge in [0.1, 0.15) is 0 Å². The predicted molar refractivity (Wildman–Crippen MR) is 67.7 cm³/mol. The van der Waals surface area contributed by atoms with E-state index in [0.717, 1.165) is 11.4 Å². The minimum Gasteiger partial charge on any atom is -0.312 e. The number of para-hydroxylation sites is 2. The van der Waals surface area contributed by atoms with Crippen LogP contribution in [0.1, 0.15) is 0 Å². The molecule has 0 aliphatic heterocycles. The average Bonchev–Trinajstić information content (AvgIpc) is 2.32. The first-order valence-corrected chi connectivity index (χ1v) is 5.55. The van der Waals surface area contributed by atoms with Crippen molar-refractivity contribution in [2.75, 3.05) is 9.44 Å². The number of nitrogens with one attached hydrogen (secondary N) is 2. The third-order valence-electron chi connectivity index (χ3n) is 1.89. The number of hydrogen-bond donors (Lipinski definition) is 2. The second kappa shape index (κ2) is 5.32. The van der Waals surface area contributed by atoms with Crippen LogP contribution in [-0.2, 0) is 0 Å². The first-order chi connectivity index (χ1) is 7.45. The molecular weight excluding hydrogens is 204 g/mol. The lowest BCUT2D eigenvalue weighted by Crippen LogP contribution is -1.93. The Morgan fingerprint density at radius 1 is 0.600 bits per heavy atom. The maximum absolute atomic E-state index is 3.20. The standard InChI is InChI=1S/C12H12N2S/c1-3-7-11(8-4-1)13-15-14-12-9-5-2-6-10-12/h1-10,13-14H. The molecule has 0 atom stereocenters. The van der Waals surface area contributed by atoms with Gasteiger partial charge in [-0.1, -0.05) is 36.4 Å². The minimum atomic E-state index is 1.09. The maximum atomic E-state index is 3.20. The summed E-state index contributed by atoms with van der Waals surface area (Å²) in [5.74, 6) is 0. The number of benzene rings is 2. The Labute approximate surface area is 94.0 Å². The number of hydrogen-bond acceptors (Lipinski definition) is 3. The van der Waals surface area contributed by atoms with E-state index in [1.165, 1.54) is 12.1 Å². The van der Waals surface area contributed by atoms with Crippen LogP contribution in [0.5, 0.6) is 0 Å². The van der Waals surface area contributed by atoms with E-state index in [2.05, 4.69) is 9.44 Å². The van der Waals surface area contributed by atoms with Gasteiger partial charge in [0.15, 0.2) is 0 Å². The summed E-state index contributed by atoms with van der Waals surface area (Å²) in [6.45, 7) is 0. The highest BCUT2D eigenvalue weighted by Gasteiger charge is 1.90. The van der Waals surface area contributed by atoms with Gasteiger partial charge in [0.2, 0.25) is 0 Å². The SMILES string of the molecule is c1ccc(NSNc2ccccc2)cc1. The zero-order valence-electron chi connectivity index (χ0n) is 8.18. The Morgan fingerprint density at radius 3 is 1.40 bits per heavy atom. The smallest absolute Gasteiger partial charge is 0.0655 e. The fraction of sp³-hybridized carbons (Fsp3) is 0. The van der Waals surface area contributed by atoms with Crippen LogP contribution >= 0.6 is 12.1 Å². The molecule has 2 aromatic carbocycles. The molecule has 15 heavy (non-hydrogen) atoms.